The van der Waals surface area contributed by atoms with Gasteiger partial charge in [0.1, 0.15) is 0 Å². The van der Waals surface area contributed by atoms with E-state index in [1.807, 2.05) is 12.1 Å². The summed E-state index contributed by atoms with van der Waals surface area (Å²) in [6.45, 7) is 0. The Morgan fingerprint density at radius 2 is 1.93 bits per heavy atom. The minimum Gasteiger partial charge on any atom is -0.385 e. The second-order valence-electron chi connectivity index (χ2n) is 3.98. The molecule has 1 fully saturated rings. The second-order valence-corrected chi connectivity index (χ2v) is 3.98. The van der Waals surface area contributed by atoms with Gasteiger partial charge in [-0.3, -0.25) is 4.90 Å². The minimum absolute atomic E-state index is 0.493. The van der Waals surface area contributed by atoms with Gasteiger partial charge in [0, 0.05) is 12.7 Å². The molecule has 0 unspecified atom stereocenters. The van der Waals surface area contributed by atoms with Crippen LogP contribution in [0.4, 0.5) is 10.5 Å². The topological polar surface area (TPSA) is 66.6 Å². The zero-order chi connectivity index (χ0) is 11.1. The van der Waals surface area contributed by atoms with Gasteiger partial charge >= 0.3 is 6.03 Å². The third kappa shape index (κ3) is 1.80. The summed E-state index contributed by atoms with van der Waals surface area (Å²) in [5.74, 6) is 0. The number of rotatable bonds is 2. The van der Waals surface area contributed by atoms with Crippen LogP contribution >= 0.6 is 0 Å². The van der Waals surface area contributed by atoms with Gasteiger partial charge in [-0.15, -0.1) is 0 Å². The fraction of sp³-hybridized carbons (Fsp3) is 0.364. The molecule has 80 valence electrons. The Morgan fingerprint density at radius 1 is 1.40 bits per heavy atom. The van der Waals surface area contributed by atoms with Crippen molar-refractivity contribution in [2.45, 2.75) is 18.4 Å². The highest BCUT2D eigenvalue weighted by molar-refractivity contribution is 5.89. The number of hydrogen-bond acceptors (Lipinski definition) is 2. The van der Waals surface area contributed by atoms with E-state index in [9.17, 15) is 9.90 Å². The lowest BCUT2D eigenvalue weighted by Crippen LogP contribution is -2.31. The number of nitrogens with zero attached hydrogens (tertiary/aromatic N) is 1. The number of hydrogen-bond donors (Lipinski definition) is 2. The number of benzene rings is 1. The summed E-state index contributed by atoms with van der Waals surface area (Å²) in [5, 5.41) is 9.83. The van der Waals surface area contributed by atoms with Gasteiger partial charge in [-0.1, -0.05) is 12.1 Å². The third-order valence-corrected chi connectivity index (χ3v) is 2.85. The van der Waals surface area contributed by atoms with Crippen LogP contribution < -0.4 is 10.6 Å². The van der Waals surface area contributed by atoms with Gasteiger partial charge in [-0.05, 0) is 30.5 Å². The zero-order valence-electron chi connectivity index (χ0n) is 8.60. The van der Waals surface area contributed by atoms with E-state index in [0.29, 0.717) is 0 Å². The van der Waals surface area contributed by atoms with Gasteiger partial charge in [0.05, 0.1) is 5.60 Å². The maximum absolute atomic E-state index is 10.9. The van der Waals surface area contributed by atoms with Crippen molar-refractivity contribution in [1.82, 2.24) is 0 Å². The van der Waals surface area contributed by atoms with Crippen LogP contribution in [-0.4, -0.2) is 18.2 Å². The lowest BCUT2D eigenvalue weighted by Gasteiger charge is -2.15. The lowest BCUT2D eigenvalue weighted by molar-refractivity contribution is 0.151. The monoisotopic (exact) mass is 206 g/mol. The molecule has 15 heavy (non-hydrogen) atoms. The molecule has 4 nitrogen and oxygen atoms in total. The first-order chi connectivity index (χ1) is 7.03. The minimum atomic E-state index is -0.621. The second kappa shape index (κ2) is 3.24. The fourth-order valence-electron chi connectivity index (χ4n) is 1.53. The number of amides is 2. The first kappa shape index (κ1) is 9.98. The summed E-state index contributed by atoms with van der Waals surface area (Å²) >= 11 is 0. The molecule has 0 atom stereocenters. The van der Waals surface area contributed by atoms with Crippen LogP contribution in [0, 0.1) is 0 Å². The molecule has 1 aliphatic rings. The van der Waals surface area contributed by atoms with Crippen LogP contribution in [0.5, 0.6) is 0 Å². The highest BCUT2D eigenvalue weighted by atomic mass is 16.3. The maximum Gasteiger partial charge on any atom is 0.318 e. The average molecular weight is 206 g/mol. The summed E-state index contributed by atoms with van der Waals surface area (Å²) in [7, 11) is 1.61. The van der Waals surface area contributed by atoms with Crippen molar-refractivity contribution >= 4 is 11.7 Å². The number of carbonyl (C=O) groups is 1. The highest BCUT2D eigenvalue weighted by Gasteiger charge is 2.41. The van der Waals surface area contributed by atoms with Gasteiger partial charge in [0.2, 0.25) is 0 Å². The standard InChI is InChI=1S/C11H14N2O2/c1-13(10(12)14)9-4-2-8(3-5-9)11(15)6-7-11/h2-5,15H,6-7H2,1H3,(H2,12,14). The zero-order valence-corrected chi connectivity index (χ0v) is 8.60. The van der Waals surface area contributed by atoms with Gasteiger partial charge in [-0.2, -0.15) is 0 Å². The third-order valence-electron chi connectivity index (χ3n) is 2.85. The molecule has 1 aromatic carbocycles. The number of urea groups is 1. The van der Waals surface area contributed by atoms with E-state index < -0.39 is 11.6 Å². The molecule has 1 aromatic rings. The molecule has 0 saturated heterocycles. The molecule has 0 aromatic heterocycles. The lowest BCUT2D eigenvalue weighted by atomic mass is 10.1. The van der Waals surface area contributed by atoms with Crippen molar-refractivity contribution in [1.29, 1.82) is 0 Å². The Balaban J connectivity index is 2.20. The number of nitrogens with two attached hydrogens (primary N) is 1. The van der Waals surface area contributed by atoms with Gasteiger partial charge < -0.3 is 10.8 Å². The largest absolute Gasteiger partial charge is 0.385 e. The summed E-state index contributed by atoms with van der Waals surface area (Å²) in [6, 6.07) is 6.75. The summed E-state index contributed by atoms with van der Waals surface area (Å²) in [5.41, 5.74) is 6.16. The number of carbonyl (C=O) groups excluding carboxylic acids is 1. The Labute approximate surface area is 88.3 Å². The smallest absolute Gasteiger partial charge is 0.318 e. The van der Waals surface area contributed by atoms with E-state index in [0.717, 1.165) is 24.1 Å². The molecule has 0 heterocycles. The van der Waals surface area contributed by atoms with Crippen LogP contribution in [0.2, 0.25) is 0 Å². The molecule has 0 spiro atoms. The average Bonchev–Trinajstić information content (AvgIpc) is 2.97. The first-order valence-electron chi connectivity index (χ1n) is 4.89. The summed E-state index contributed by atoms with van der Waals surface area (Å²) in [6.07, 6.45) is 1.63. The summed E-state index contributed by atoms with van der Waals surface area (Å²) in [4.78, 5) is 12.3. The van der Waals surface area contributed by atoms with Crippen molar-refractivity contribution in [2.75, 3.05) is 11.9 Å². The predicted octanol–water partition coefficient (Wildman–Crippen LogP) is 1.18. The van der Waals surface area contributed by atoms with Crippen LogP contribution in [0.1, 0.15) is 18.4 Å². The van der Waals surface area contributed by atoms with Crippen molar-refractivity contribution < 1.29 is 9.90 Å². The van der Waals surface area contributed by atoms with E-state index in [1.165, 1.54) is 4.90 Å². The number of anilines is 1. The van der Waals surface area contributed by atoms with E-state index in [-0.39, 0.29) is 0 Å². The molecule has 0 bridgehead atoms. The molecule has 1 aliphatic carbocycles. The quantitative estimate of drug-likeness (QED) is 0.763. The Hall–Kier alpha value is -1.55. The normalized spacial score (nSPS) is 17.2. The first-order valence-corrected chi connectivity index (χ1v) is 4.89. The molecule has 1 saturated carbocycles. The van der Waals surface area contributed by atoms with E-state index in [4.69, 9.17) is 5.73 Å². The molecule has 0 aliphatic heterocycles. The fourth-order valence-corrected chi connectivity index (χ4v) is 1.53. The van der Waals surface area contributed by atoms with E-state index in [1.54, 1.807) is 19.2 Å². The molecular formula is C11H14N2O2. The Kier molecular flexibility index (Phi) is 2.16. The van der Waals surface area contributed by atoms with Crippen molar-refractivity contribution in [3.63, 3.8) is 0 Å². The Bertz CT molecular complexity index is 382. The maximum atomic E-state index is 10.9. The molecule has 4 heteroatoms. The van der Waals surface area contributed by atoms with E-state index in [2.05, 4.69) is 0 Å². The van der Waals surface area contributed by atoms with Crippen molar-refractivity contribution in [3.8, 4) is 0 Å². The van der Waals surface area contributed by atoms with Crippen LogP contribution in [0.3, 0.4) is 0 Å². The van der Waals surface area contributed by atoms with Crippen LogP contribution in [0.15, 0.2) is 24.3 Å². The number of primary amides is 1. The molecule has 0 radical (unpaired) electrons. The Morgan fingerprint density at radius 3 is 2.33 bits per heavy atom. The SMILES string of the molecule is CN(C(N)=O)c1ccc(C2(O)CC2)cc1. The summed E-state index contributed by atoms with van der Waals surface area (Å²) < 4.78 is 0. The van der Waals surface area contributed by atoms with Crippen molar-refractivity contribution in [2.24, 2.45) is 5.73 Å². The number of aliphatic hydroxyl groups is 1. The van der Waals surface area contributed by atoms with E-state index >= 15 is 0 Å². The highest BCUT2D eigenvalue weighted by Crippen LogP contribution is 2.45. The molecule has 3 N–H and O–H groups in total. The van der Waals surface area contributed by atoms with Crippen LogP contribution in [-0.2, 0) is 5.60 Å². The van der Waals surface area contributed by atoms with Gasteiger partial charge in [0.25, 0.3) is 0 Å². The van der Waals surface area contributed by atoms with Crippen LogP contribution in [0.25, 0.3) is 0 Å². The van der Waals surface area contributed by atoms with Gasteiger partial charge in [0.15, 0.2) is 0 Å². The predicted molar refractivity (Wildman–Crippen MR) is 57.6 cm³/mol. The molecule has 2 rings (SSSR count). The molecular weight excluding hydrogens is 192 g/mol. The van der Waals surface area contributed by atoms with Gasteiger partial charge in [-0.25, -0.2) is 4.79 Å². The molecule has 2 amide bonds. The van der Waals surface area contributed by atoms with Crippen molar-refractivity contribution in [3.05, 3.63) is 29.8 Å².